The number of carbonyl (C=O) groups is 1. The molecule has 128 valence electrons. The van der Waals surface area contributed by atoms with Gasteiger partial charge in [0.05, 0.1) is 13.2 Å². The summed E-state index contributed by atoms with van der Waals surface area (Å²) in [5.41, 5.74) is 1.78. The van der Waals surface area contributed by atoms with Gasteiger partial charge in [-0.3, -0.25) is 14.4 Å². The number of halogens is 1. The Labute approximate surface area is 146 Å². The minimum atomic E-state index is -0.0532. The van der Waals surface area contributed by atoms with E-state index in [2.05, 4.69) is 15.3 Å². The van der Waals surface area contributed by atoms with Crippen molar-refractivity contribution in [3.8, 4) is 0 Å². The molecule has 0 spiro atoms. The lowest BCUT2D eigenvalue weighted by Gasteiger charge is -2.27. The highest BCUT2D eigenvalue weighted by Gasteiger charge is 2.13. The van der Waals surface area contributed by atoms with Crippen molar-refractivity contribution in [1.82, 2.24) is 14.7 Å². The molecule has 0 unspecified atom stereocenters. The first-order valence-electron chi connectivity index (χ1n) is 8.06. The Bertz CT molecular complexity index is 669. The zero-order chi connectivity index (χ0) is 16.8. The summed E-state index contributed by atoms with van der Waals surface area (Å²) in [7, 11) is 0. The van der Waals surface area contributed by atoms with Crippen molar-refractivity contribution in [2.45, 2.75) is 19.5 Å². The monoisotopic (exact) mass is 348 g/mol. The van der Waals surface area contributed by atoms with E-state index in [-0.39, 0.29) is 5.91 Å². The molecular formula is C17H21ClN4O2. The third kappa shape index (κ3) is 4.80. The number of nitrogens with zero attached hydrogens (tertiary/aromatic N) is 3. The highest BCUT2D eigenvalue weighted by Crippen LogP contribution is 2.23. The number of aromatic nitrogens is 2. The molecule has 1 fully saturated rings. The quantitative estimate of drug-likeness (QED) is 0.870. The topological polar surface area (TPSA) is 59.4 Å². The average Bonchev–Trinajstić information content (AvgIpc) is 3.10. The predicted molar refractivity (Wildman–Crippen MR) is 93.0 cm³/mol. The Morgan fingerprint density at radius 2 is 2.17 bits per heavy atom. The van der Waals surface area contributed by atoms with Crippen molar-refractivity contribution in [2.24, 2.45) is 0 Å². The lowest BCUT2D eigenvalue weighted by atomic mass is 10.2. The van der Waals surface area contributed by atoms with E-state index in [0.29, 0.717) is 18.0 Å². The molecule has 1 aliphatic heterocycles. The number of morpholine rings is 1. The van der Waals surface area contributed by atoms with Crippen LogP contribution in [0.15, 0.2) is 36.7 Å². The smallest absolute Gasteiger partial charge is 0.226 e. The van der Waals surface area contributed by atoms with E-state index in [9.17, 15) is 4.79 Å². The molecule has 1 aromatic carbocycles. The third-order valence-electron chi connectivity index (χ3n) is 3.96. The molecule has 0 saturated carbocycles. The number of ether oxygens (including phenoxy) is 1. The van der Waals surface area contributed by atoms with E-state index in [0.717, 1.165) is 44.1 Å². The number of anilines is 1. The van der Waals surface area contributed by atoms with E-state index in [4.69, 9.17) is 16.3 Å². The van der Waals surface area contributed by atoms with Crippen molar-refractivity contribution >= 4 is 23.2 Å². The first-order valence-corrected chi connectivity index (χ1v) is 8.44. The summed E-state index contributed by atoms with van der Waals surface area (Å²) in [6, 6.07) is 7.52. The summed E-state index contributed by atoms with van der Waals surface area (Å²) >= 11 is 6.37. The maximum atomic E-state index is 12.0. The molecule has 2 heterocycles. The largest absolute Gasteiger partial charge is 0.379 e. The fraction of sp³-hybridized carbons (Fsp3) is 0.412. The lowest BCUT2D eigenvalue weighted by Crippen LogP contribution is -2.35. The summed E-state index contributed by atoms with van der Waals surface area (Å²) < 4.78 is 7.09. The zero-order valence-corrected chi connectivity index (χ0v) is 14.2. The van der Waals surface area contributed by atoms with Crippen LogP contribution in [0.4, 0.5) is 5.69 Å². The second-order valence-corrected chi connectivity index (χ2v) is 6.17. The van der Waals surface area contributed by atoms with E-state index >= 15 is 0 Å². The summed E-state index contributed by atoms with van der Waals surface area (Å²) in [5.74, 6) is -0.0532. The first kappa shape index (κ1) is 17.0. The highest BCUT2D eigenvalue weighted by molar-refractivity contribution is 6.31. The molecule has 24 heavy (non-hydrogen) atoms. The molecule has 1 N–H and O–H groups in total. The normalized spacial score (nSPS) is 15.4. The van der Waals surface area contributed by atoms with Gasteiger partial charge in [0.1, 0.15) is 0 Å². The van der Waals surface area contributed by atoms with Crippen molar-refractivity contribution in [2.75, 3.05) is 31.6 Å². The van der Waals surface area contributed by atoms with Crippen molar-refractivity contribution in [1.29, 1.82) is 0 Å². The van der Waals surface area contributed by atoms with Crippen LogP contribution in [-0.2, 0) is 22.6 Å². The van der Waals surface area contributed by atoms with Gasteiger partial charge in [0.25, 0.3) is 0 Å². The Morgan fingerprint density at radius 3 is 2.88 bits per heavy atom. The van der Waals surface area contributed by atoms with Crippen LogP contribution in [-0.4, -0.2) is 46.9 Å². The molecule has 1 aromatic heterocycles. The molecule has 1 aliphatic rings. The van der Waals surface area contributed by atoms with Gasteiger partial charge < -0.3 is 10.1 Å². The van der Waals surface area contributed by atoms with Gasteiger partial charge in [-0.15, -0.1) is 0 Å². The van der Waals surface area contributed by atoms with Gasteiger partial charge in [-0.25, -0.2) is 0 Å². The maximum Gasteiger partial charge on any atom is 0.226 e. The molecule has 0 radical (unpaired) electrons. The molecule has 6 nitrogen and oxygen atoms in total. The minimum absolute atomic E-state index is 0.0532. The van der Waals surface area contributed by atoms with E-state index in [1.54, 1.807) is 10.9 Å². The van der Waals surface area contributed by atoms with Gasteiger partial charge in [-0.2, -0.15) is 5.10 Å². The SMILES string of the molecule is O=C(CCn1cccn1)Nc1ccc(CN2CCOCC2)c(Cl)c1. The van der Waals surface area contributed by atoms with E-state index in [1.807, 2.05) is 30.5 Å². The summed E-state index contributed by atoms with van der Waals surface area (Å²) in [5, 5.41) is 7.63. The van der Waals surface area contributed by atoms with Gasteiger partial charge >= 0.3 is 0 Å². The minimum Gasteiger partial charge on any atom is -0.379 e. The molecular weight excluding hydrogens is 328 g/mol. The van der Waals surface area contributed by atoms with Crippen molar-refractivity contribution < 1.29 is 9.53 Å². The average molecular weight is 349 g/mol. The number of benzene rings is 1. The third-order valence-corrected chi connectivity index (χ3v) is 4.31. The van der Waals surface area contributed by atoms with Gasteiger partial charge in [0, 0.05) is 55.7 Å². The van der Waals surface area contributed by atoms with Gasteiger partial charge in [0.15, 0.2) is 0 Å². The van der Waals surface area contributed by atoms with Gasteiger partial charge in [-0.1, -0.05) is 17.7 Å². The molecule has 7 heteroatoms. The number of aryl methyl sites for hydroxylation is 1. The molecule has 3 rings (SSSR count). The molecule has 1 amide bonds. The fourth-order valence-corrected chi connectivity index (χ4v) is 2.87. The Morgan fingerprint density at radius 1 is 1.33 bits per heavy atom. The number of rotatable bonds is 6. The lowest BCUT2D eigenvalue weighted by molar-refractivity contribution is -0.116. The molecule has 0 aliphatic carbocycles. The number of nitrogens with one attached hydrogen (secondary N) is 1. The van der Waals surface area contributed by atoms with Gasteiger partial charge in [-0.05, 0) is 23.8 Å². The van der Waals surface area contributed by atoms with Crippen LogP contribution in [0.3, 0.4) is 0 Å². The van der Waals surface area contributed by atoms with Crippen LogP contribution in [0, 0.1) is 0 Å². The highest BCUT2D eigenvalue weighted by atomic mass is 35.5. The standard InChI is InChI=1S/C17H21ClN4O2/c18-16-12-15(20-17(23)4-7-22-6-1-5-19-22)3-2-14(16)13-21-8-10-24-11-9-21/h1-3,5-6,12H,4,7-11,13H2,(H,20,23). The maximum absolute atomic E-state index is 12.0. The number of hydrogen-bond donors (Lipinski definition) is 1. The number of amides is 1. The number of carbonyl (C=O) groups excluding carboxylic acids is 1. The molecule has 1 saturated heterocycles. The second kappa shape index (κ2) is 8.28. The van der Waals surface area contributed by atoms with Crippen LogP contribution in [0.1, 0.15) is 12.0 Å². The molecule has 0 atom stereocenters. The summed E-state index contributed by atoms with van der Waals surface area (Å²) in [6.07, 6.45) is 3.91. The zero-order valence-electron chi connectivity index (χ0n) is 13.4. The van der Waals surface area contributed by atoms with E-state index < -0.39 is 0 Å². The Hall–Kier alpha value is -1.89. The van der Waals surface area contributed by atoms with Crippen molar-refractivity contribution in [3.63, 3.8) is 0 Å². The summed E-state index contributed by atoms with van der Waals surface area (Å²) in [6.45, 7) is 4.73. The summed E-state index contributed by atoms with van der Waals surface area (Å²) in [4.78, 5) is 14.3. The van der Waals surface area contributed by atoms with Crippen LogP contribution in [0.5, 0.6) is 0 Å². The van der Waals surface area contributed by atoms with Crippen LogP contribution in [0.2, 0.25) is 5.02 Å². The van der Waals surface area contributed by atoms with Gasteiger partial charge in [0.2, 0.25) is 5.91 Å². The second-order valence-electron chi connectivity index (χ2n) is 5.76. The number of hydrogen-bond acceptors (Lipinski definition) is 4. The first-order chi connectivity index (χ1) is 11.7. The van der Waals surface area contributed by atoms with Crippen LogP contribution < -0.4 is 5.32 Å². The Kier molecular flexibility index (Phi) is 5.85. The fourth-order valence-electron chi connectivity index (χ4n) is 2.63. The van der Waals surface area contributed by atoms with E-state index in [1.165, 1.54) is 0 Å². The van der Waals surface area contributed by atoms with Crippen molar-refractivity contribution in [3.05, 3.63) is 47.2 Å². The molecule has 0 bridgehead atoms. The predicted octanol–water partition coefficient (Wildman–Crippen LogP) is 2.40. The Balaban J connectivity index is 1.52. The van der Waals surface area contributed by atoms with Crippen LogP contribution in [0.25, 0.3) is 0 Å². The van der Waals surface area contributed by atoms with Crippen LogP contribution >= 0.6 is 11.6 Å². The molecule has 2 aromatic rings.